The molecule has 0 bridgehead atoms. The van der Waals surface area contributed by atoms with Gasteiger partial charge in [-0.15, -0.1) is 0 Å². The zero-order valence-corrected chi connectivity index (χ0v) is 22.6. The normalized spacial score (nSPS) is 18.4. The Bertz CT molecular complexity index is 1900. The highest BCUT2D eigenvalue weighted by Gasteiger charge is 2.35. The fourth-order valence-corrected chi connectivity index (χ4v) is 4.45. The van der Waals surface area contributed by atoms with E-state index in [2.05, 4.69) is 54.8 Å². The van der Waals surface area contributed by atoms with Crippen LogP contribution in [0.5, 0.6) is 0 Å². The Balaban J connectivity index is 0.000000131. The third-order valence-electron chi connectivity index (χ3n) is 5.67. The van der Waals surface area contributed by atoms with E-state index in [9.17, 15) is 5.11 Å². The van der Waals surface area contributed by atoms with Crippen LogP contribution < -0.4 is 11.5 Å². The van der Waals surface area contributed by atoms with E-state index in [1.807, 2.05) is 0 Å². The Morgan fingerprint density at radius 3 is 2.52 bits per heavy atom. The average Bonchev–Trinajstić information content (AvgIpc) is 3.71. The number of nitrogens with two attached hydrogens (primary N) is 2. The smallest absolute Gasteiger partial charge is 0.226 e. The summed E-state index contributed by atoms with van der Waals surface area (Å²) in [7, 11) is 0. The lowest BCUT2D eigenvalue weighted by Crippen LogP contribution is -2.24. The third-order valence-corrected chi connectivity index (χ3v) is 6.45. The standard InChI is InChI=1S/C10H12ClN5O3.C5H5N5S.C5H4N4S/c11-10-14-8(12)7-9(15-10)16(3-13-7)6-1-4(18)5(2-17)19-6;6-5-9-3-2(4(11)10-5)7-1-8-3;10-5-3-4(7-1-6-3)8-2-9-5/h3-6,17-18H,1-2H2,(H2,12,14,15);1H,(H4,6,7,8,9,10,11);1-2H,(H2,6,7,8,9,10)/t4-,5+,6+;;/m0../s1. The quantitative estimate of drug-likeness (QED) is 0.102. The van der Waals surface area contributed by atoms with Crippen molar-refractivity contribution in [1.29, 1.82) is 0 Å². The molecule has 0 unspecified atom stereocenters. The van der Waals surface area contributed by atoms with Crippen LogP contribution in [0.4, 0.5) is 11.8 Å². The van der Waals surface area contributed by atoms with Gasteiger partial charge in [-0.05, 0) is 11.6 Å². The van der Waals surface area contributed by atoms with Gasteiger partial charge in [-0.2, -0.15) is 15.0 Å². The molecule has 17 nitrogen and oxygen atoms in total. The molecule has 208 valence electrons. The maximum atomic E-state index is 9.74. The van der Waals surface area contributed by atoms with Crippen molar-refractivity contribution < 1.29 is 14.9 Å². The van der Waals surface area contributed by atoms with Crippen molar-refractivity contribution in [1.82, 2.24) is 59.4 Å². The lowest BCUT2D eigenvalue weighted by Gasteiger charge is -2.13. The second-order valence-corrected chi connectivity index (χ2v) is 9.34. The predicted molar refractivity (Wildman–Crippen MR) is 149 cm³/mol. The molecule has 0 spiro atoms. The molecule has 1 fully saturated rings. The van der Waals surface area contributed by atoms with E-state index in [0.29, 0.717) is 38.0 Å². The summed E-state index contributed by atoms with van der Waals surface area (Å²) >= 11 is 15.6. The van der Waals surface area contributed by atoms with Crippen molar-refractivity contribution >= 4 is 81.3 Å². The lowest BCUT2D eigenvalue weighted by molar-refractivity contribution is -0.0432. The van der Waals surface area contributed by atoms with Crippen LogP contribution in [0.25, 0.3) is 33.5 Å². The van der Waals surface area contributed by atoms with Crippen LogP contribution >= 0.6 is 36.0 Å². The molecular weight excluding hydrogens is 584 g/mol. The topological polar surface area (TPSA) is 260 Å². The summed E-state index contributed by atoms with van der Waals surface area (Å²) in [6.07, 6.45) is 4.66. The number of H-pyrrole nitrogens is 4. The number of aliphatic hydroxyl groups is 2. The highest BCUT2D eigenvalue weighted by atomic mass is 35.5. The van der Waals surface area contributed by atoms with Gasteiger partial charge in [0, 0.05) is 6.42 Å². The van der Waals surface area contributed by atoms with E-state index in [1.165, 1.54) is 19.0 Å². The van der Waals surface area contributed by atoms with Gasteiger partial charge < -0.3 is 46.4 Å². The van der Waals surface area contributed by atoms with Gasteiger partial charge in [0.05, 0.1) is 38.0 Å². The Hall–Kier alpha value is -4.14. The summed E-state index contributed by atoms with van der Waals surface area (Å²) in [5.74, 6) is 0.473. The van der Waals surface area contributed by atoms with Crippen LogP contribution in [0.1, 0.15) is 12.6 Å². The molecule has 20 heteroatoms. The summed E-state index contributed by atoms with van der Waals surface area (Å²) in [6, 6.07) is 0. The van der Waals surface area contributed by atoms with Gasteiger partial charge in [0.2, 0.25) is 11.2 Å². The van der Waals surface area contributed by atoms with Crippen molar-refractivity contribution in [2.75, 3.05) is 18.1 Å². The number of ether oxygens (including phenoxy) is 1. The van der Waals surface area contributed by atoms with Crippen LogP contribution in [0.3, 0.4) is 0 Å². The minimum absolute atomic E-state index is 0.0176. The van der Waals surface area contributed by atoms with Gasteiger partial charge in [0.1, 0.15) is 33.5 Å². The van der Waals surface area contributed by atoms with E-state index in [-0.39, 0.29) is 23.7 Å². The van der Waals surface area contributed by atoms with Crippen molar-refractivity contribution in [2.45, 2.75) is 24.9 Å². The van der Waals surface area contributed by atoms with Crippen LogP contribution in [0, 0.1) is 9.28 Å². The number of halogens is 1. The van der Waals surface area contributed by atoms with Crippen molar-refractivity contribution in [2.24, 2.45) is 0 Å². The zero-order valence-electron chi connectivity index (χ0n) is 20.2. The first-order chi connectivity index (χ1) is 19.2. The van der Waals surface area contributed by atoms with Gasteiger partial charge in [-0.25, -0.2) is 19.9 Å². The minimum Gasteiger partial charge on any atom is -0.394 e. The van der Waals surface area contributed by atoms with E-state index in [1.54, 1.807) is 10.9 Å². The maximum absolute atomic E-state index is 9.74. The molecule has 6 aromatic heterocycles. The SMILES string of the molecule is Nc1nc(Cl)nc2c1ncn2[C@H]1C[C@H](O)[C@@H](CO)O1.Nc1nc2nc[nH]c2c(=S)[nH]1.S=c1nc[nH]c2nc[nH]c12. The molecule has 7 rings (SSSR count). The number of anilines is 2. The summed E-state index contributed by atoms with van der Waals surface area (Å²) in [5, 5.41) is 18.8. The third kappa shape index (κ3) is 5.59. The Morgan fingerprint density at radius 1 is 1.02 bits per heavy atom. The van der Waals surface area contributed by atoms with Gasteiger partial charge in [0.15, 0.2) is 27.4 Å². The number of nitrogens with one attached hydrogen (secondary N) is 4. The van der Waals surface area contributed by atoms with Crippen LogP contribution in [0.2, 0.25) is 5.28 Å². The number of nitrogens with zero attached hydrogens (tertiary/aromatic N) is 8. The van der Waals surface area contributed by atoms with Crippen LogP contribution in [-0.2, 0) is 4.74 Å². The number of hydrogen-bond donors (Lipinski definition) is 8. The first-order valence-corrected chi connectivity index (χ1v) is 12.6. The number of fused-ring (bicyclic) bond motifs is 3. The second kappa shape index (κ2) is 11.5. The first-order valence-electron chi connectivity index (χ1n) is 11.4. The fraction of sp³-hybridized carbons (Fsp3) is 0.250. The maximum Gasteiger partial charge on any atom is 0.226 e. The molecule has 40 heavy (non-hydrogen) atoms. The fourth-order valence-electron chi connectivity index (χ4n) is 3.81. The number of aromatic amines is 4. The van der Waals surface area contributed by atoms with Crippen LogP contribution in [0.15, 0.2) is 25.3 Å². The highest BCUT2D eigenvalue weighted by Crippen LogP contribution is 2.31. The monoisotopic (exact) mass is 604 g/mol. The number of aromatic nitrogens is 12. The molecule has 7 heterocycles. The van der Waals surface area contributed by atoms with E-state index >= 15 is 0 Å². The summed E-state index contributed by atoms with van der Waals surface area (Å²) in [5.41, 5.74) is 14.8. The van der Waals surface area contributed by atoms with Crippen molar-refractivity contribution in [3.8, 4) is 0 Å². The molecule has 0 saturated carbocycles. The number of hydrogen-bond acceptors (Lipinski definition) is 14. The molecule has 1 aliphatic rings. The lowest BCUT2D eigenvalue weighted by atomic mass is 10.2. The largest absolute Gasteiger partial charge is 0.394 e. The Labute approximate surface area is 238 Å². The molecule has 6 aromatic rings. The minimum atomic E-state index is -0.734. The summed E-state index contributed by atoms with van der Waals surface area (Å²) in [6.45, 7) is -0.248. The Morgan fingerprint density at radius 2 is 1.77 bits per heavy atom. The molecule has 0 aliphatic carbocycles. The van der Waals surface area contributed by atoms with Gasteiger partial charge >= 0.3 is 0 Å². The number of nitrogen functional groups attached to an aromatic ring is 2. The predicted octanol–water partition coefficient (Wildman–Crippen LogP) is 1.32. The van der Waals surface area contributed by atoms with E-state index in [4.69, 9.17) is 57.3 Å². The second-order valence-electron chi connectivity index (χ2n) is 8.20. The molecule has 1 aliphatic heterocycles. The van der Waals surface area contributed by atoms with E-state index in [0.717, 1.165) is 11.2 Å². The molecule has 0 amide bonds. The van der Waals surface area contributed by atoms with Gasteiger partial charge in [0.25, 0.3) is 0 Å². The van der Waals surface area contributed by atoms with Crippen molar-refractivity contribution in [3.05, 3.63) is 39.9 Å². The molecule has 3 atom stereocenters. The molecule has 0 aromatic carbocycles. The van der Waals surface area contributed by atoms with Crippen LogP contribution in [-0.4, -0.2) is 88.4 Å². The molecule has 1 saturated heterocycles. The average molecular weight is 605 g/mol. The molecular formula is C20H21ClN14O3S2. The van der Waals surface area contributed by atoms with Gasteiger partial charge in [-0.1, -0.05) is 24.4 Å². The van der Waals surface area contributed by atoms with Gasteiger partial charge in [-0.3, -0.25) is 4.57 Å². The number of imidazole rings is 3. The number of rotatable bonds is 2. The molecule has 10 N–H and O–H groups in total. The van der Waals surface area contributed by atoms with Crippen molar-refractivity contribution in [3.63, 3.8) is 0 Å². The summed E-state index contributed by atoms with van der Waals surface area (Å²) < 4.78 is 8.24. The highest BCUT2D eigenvalue weighted by molar-refractivity contribution is 7.71. The summed E-state index contributed by atoms with van der Waals surface area (Å²) in [4.78, 5) is 38.9. The first kappa shape index (κ1) is 27.4. The Kier molecular flexibility index (Phi) is 7.91. The number of aliphatic hydroxyl groups excluding tert-OH is 2. The molecule has 0 radical (unpaired) electrons. The zero-order chi connectivity index (χ0) is 28.4. The van der Waals surface area contributed by atoms with E-state index < -0.39 is 18.4 Å².